The van der Waals surface area contributed by atoms with Gasteiger partial charge >= 0.3 is 11.9 Å². The second-order valence-corrected chi connectivity index (χ2v) is 5.62. The van der Waals surface area contributed by atoms with Gasteiger partial charge in [-0.2, -0.15) is 0 Å². The summed E-state index contributed by atoms with van der Waals surface area (Å²) in [5.41, 5.74) is 0. The summed E-state index contributed by atoms with van der Waals surface area (Å²) in [7, 11) is 0. The van der Waals surface area contributed by atoms with Gasteiger partial charge < -0.3 is 9.47 Å². The van der Waals surface area contributed by atoms with E-state index in [1.54, 1.807) is 0 Å². The molecule has 2 atom stereocenters. The predicted molar refractivity (Wildman–Crippen MR) is 81.8 cm³/mol. The Morgan fingerprint density at radius 3 is 2.67 bits per heavy atom. The normalized spacial score (nSPS) is 19.7. The number of carbonyl (C=O) groups excluding carboxylic acids is 2. The molecule has 2 unspecified atom stereocenters. The fourth-order valence-electron chi connectivity index (χ4n) is 2.44. The number of cyclic esters (lactones) is 1. The van der Waals surface area contributed by atoms with Gasteiger partial charge in [0.2, 0.25) is 0 Å². The van der Waals surface area contributed by atoms with E-state index in [9.17, 15) is 9.59 Å². The maximum absolute atomic E-state index is 12.2. The Balaban J connectivity index is 2.30. The van der Waals surface area contributed by atoms with E-state index in [0.717, 1.165) is 38.5 Å². The molecule has 0 spiro atoms. The lowest BCUT2D eigenvalue weighted by Gasteiger charge is -2.17. The van der Waals surface area contributed by atoms with Crippen molar-refractivity contribution >= 4 is 11.9 Å². The van der Waals surface area contributed by atoms with Gasteiger partial charge in [-0.05, 0) is 32.1 Å². The number of ether oxygens (including phenoxy) is 2. The minimum absolute atomic E-state index is 0.0507. The predicted octanol–water partition coefficient (Wildman–Crippen LogP) is 3.79. The van der Waals surface area contributed by atoms with Crippen LogP contribution in [0.5, 0.6) is 0 Å². The molecule has 1 rings (SSSR count). The molecule has 0 N–H and O–H groups in total. The molecule has 4 heteroatoms. The molecule has 1 aliphatic heterocycles. The molecule has 1 saturated heterocycles. The Bertz CT molecular complexity index is 349. The minimum Gasteiger partial charge on any atom is -0.462 e. The molecule has 0 aromatic carbocycles. The third kappa shape index (κ3) is 7.30. The van der Waals surface area contributed by atoms with Crippen molar-refractivity contribution < 1.29 is 19.1 Å². The van der Waals surface area contributed by atoms with Crippen LogP contribution in [0.25, 0.3) is 0 Å². The van der Waals surface area contributed by atoms with Crippen molar-refractivity contribution in [3.8, 4) is 0 Å². The van der Waals surface area contributed by atoms with E-state index in [2.05, 4.69) is 26.0 Å². The largest absolute Gasteiger partial charge is 0.462 e. The molecule has 1 heterocycles. The SMILES string of the molecule is CCCC=CCCCC(CCC)C(=O)OC1COC(=O)C1. The minimum atomic E-state index is -0.381. The summed E-state index contributed by atoms with van der Waals surface area (Å²) < 4.78 is 10.2. The lowest BCUT2D eigenvalue weighted by molar-refractivity contribution is -0.154. The molecule has 0 radical (unpaired) electrons. The van der Waals surface area contributed by atoms with Gasteiger partial charge in [0.1, 0.15) is 12.7 Å². The quantitative estimate of drug-likeness (QED) is 0.350. The zero-order valence-electron chi connectivity index (χ0n) is 13.3. The number of allylic oxidation sites excluding steroid dienone is 2. The standard InChI is InChI=1S/C17H28O4/c1-3-5-6-7-8-9-11-14(10-4-2)17(19)21-15-12-16(18)20-13-15/h6-7,14-15H,3-5,8-13H2,1-2H3. The first-order valence-corrected chi connectivity index (χ1v) is 8.18. The van der Waals surface area contributed by atoms with Crippen LogP contribution in [0.15, 0.2) is 12.2 Å². The van der Waals surface area contributed by atoms with Gasteiger partial charge in [-0.1, -0.05) is 38.8 Å². The van der Waals surface area contributed by atoms with Crippen molar-refractivity contribution in [2.45, 2.75) is 71.3 Å². The summed E-state index contributed by atoms with van der Waals surface area (Å²) in [6, 6.07) is 0. The summed E-state index contributed by atoms with van der Waals surface area (Å²) in [5.74, 6) is -0.496. The van der Waals surface area contributed by atoms with E-state index in [0.29, 0.717) is 0 Å². The number of unbranched alkanes of at least 4 members (excludes halogenated alkanes) is 2. The Kier molecular flexibility index (Phi) is 8.79. The molecule has 120 valence electrons. The third-order valence-electron chi connectivity index (χ3n) is 3.62. The molecule has 0 aromatic heterocycles. The number of rotatable bonds is 10. The summed E-state index contributed by atoms with van der Waals surface area (Å²) in [6.07, 6.45) is 11.2. The lowest BCUT2D eigenvalue weighted by atomic mass is 9.97. The van der Waals surface area contributed by atoms with E-state index < -0.39 is 0 Å². The van der Waals surface area contributed by atoms with Gasteiger partial charge in [0, 0.05) is 0 Å². The molecule has 0 aliphatic carbocycles. The van der Waals surface area contributed by atoms with Gasteiger partial charge in [-0.3, -0.25) is 9.59 Å². The van der Waals surface area contributed by atoms with Crippen LogP contribution in [-0.2, 0) is 19.1 Å². The summed E-state index contributed by atoms with van der Waals surface area (Å²) in [5, 5.41) is 0. The molecular weight excluding hydrogens is 268 g/mol. The first-order valence-electron chi connectivity index (χ1n) is 8.18. The Morgan fingerprint density at radius 1 is 1.29 bits per heavy atom. The molecule has 4 nitrogen and oxygen atoms in total. The molecule has 0 amide bonds. The van der Waals surface area contributed by atoms with Gasteiger partial charge in [-0.15, -0.1) is 0 Å². The molecular formula is C17H28O4. The summed E-state index contributed by atoms with van der Waals surface area (Å²) in [6.45, 7) is 4.45. The van der Waals surface area contributed by atoms with Crippen LogP contribution in [0.2, 0.25) is 0 Å². The first kappa shape index (κ1) is 17.7. The van der Waals surface area contributed by atoms with Crippen LogP contribution in [-0.4, -0.2) is 24.6 Å². The van der Waals surface area contributed by atoms with Gasteiger partial charge in [0.25, 0.3) is 0 Å². The fourth-order valence-corrected chi connectivity index (χ4v) is 2.44. The van der Waals surface area contributed by atoms with Crippen LogP contribution in [0, 0.1) is 5.92 Å². The Hall–Kier alpha value is -1.32. The van der Waals surface area contributed by atoms with E-state index in [1.807, 2.05) is 0 Å². The maximum atomic E-state index is 12.2. The van der Waals surface area contributed by atoms with Crippen molar-refractivity contribution in [1.29, 1.82) is 0 Å². The average Bonchev–Trinajstić information content (AvgIpc) is 2.86. The van der Waals surface area contributed by atoms with E-state index in [1.165, 1.54) is 6.42 Å². The number of hydrogen-bond donors (Lipinski definition) is 0. The summed E-state index contributed by atoms with van der Waals surface area (Å²) >= 11 is 0. The van der Waals surface area contributed by atoms with Crippen LogP contribution in [0.4, 0.5) is 0 Å². The van der Waals surface area contributed by atoms with Crippen molar-refractivity contribution in [1.82, 2.24) is 0 Å². The molecule has 0 saturated carbocycles. The highest BCUT2D eigenvalue weighted by atomic mass is 16.6. The average molecular weight is 296 g/mol. The third-order valence-corrected chi connectivity index (χ3v) is 3.62. The second-order valence-electron chi connectivity index (χ2n) is 5.62. The molecule has 0 bridgehead atoms. The van der Waals surface area contributed by atoms with Crippen LogP contribution >= 0.6 is 0 Å². The fraction of sp³-hybridized carbons (Fsp3) is 0.765. The lowest BCUT2D eigenvalue weighted by Crippen LogP contribution is -2.24. The van der Waals surface area contributed by atoms with Gasteiger partial charge in [-0.25, -0.2) is 0 Å². The van der Waals surface area contributed by atoms with Gasteiger partial charge in [0.15, 0.2) is 0 Å². The monoisotopic (exact) mass is 296 g/mol. The molecule has 21 heavy (non-hydrogen) atoms. The summed E-state index contributed by atoms with van der Waals surface area (Å²) in [4.78, 5) is 23.2. The Morgan fingerprint density at radius 2 is 2.05 bits per heavy atom. The van der Waals surface area contributed by atoms with Crippen LogP contribution in [0.1, 0.15) is 65.2 Å². The zero-order valence-corrected chi connectivity index (χ0v) is 13.3. The highest BCUT2D eigenvalue weighted by Gasteiger charge is 2.29. The van der Waals surface area contributed by atoms with Crippen LogP contribution in [0.3, 0.4) is 0 Å². The topological polar surface area (TPSA) is 52.6 Å². The van der Waals surface area contributed by atoms with E-state index >= 15 is 0 Å². The van der Waals surface area contributed by atoms with E-state index in [4.69, 9.17) is 9.47 Å². The van der Waals surface area contributed by atoms with Crippen molar-refractivity contribution in [2.24, 2.45) is 5.92 Å². The molecule has 0 aromatic rings. The van der Waals surface area contributed by atoms with E-state index in [-0.39, 0.29) is 37.0 Å². The first-order chi connectivity index (χ1) is 10.2. The second kappa shape index (κ2) is 10.4. The Labute approximate surface area is 127 Å². The maximum Gasteiger partial charge on any atom is 0.309 e. The zero-order chi connectivity index (χ0) is 15.5. The highest BCUT2D eigenvalue weighted by Crippen LogP contribution is 2.20. The smallest absolute Gasteiger partial charge is 0.309 e. The van der Waals surface area contributed by atoms with Crippen molar-refractivity contribution in [3.63, 3.8) is 0 Å². The van der Waals surface area contributed by atoms with Crippen molar-refractivity contribution in [2.75, 3.05) is 6.61 Å². The highest BCUT2D eigenvalue weighted by molar-refractivity contribution is 5.75. The number of hydrogen-bond acceptors (Lipinski definition) is 4. The van der Waals surface area contributed by atoms with Gasteiger partial charge in [0.05, 0.1) is 12.3 Å². The number of carbonyl (C=O) groups is 2. The van der Waals surface area contributed by atoms with Crippen molar-refractivity contribution in [3.05, 3.63) is 12.2 Å². The van der Waals surface area contributed by atoms with Crippen LogP contribution < -0.4 is 0 Å². The number of esters is 2. The molecule has 1 fully saturated rings. The molecule has 1 aliphatic rings.